The Hall–Kier alpha value is -3.38. The number of thioether (sulfide) groups is 1. The third-order valence-corrected chi connectivity index (χ3v) is 8.64. The van der Waals surface area contributed by atoms with Crippen molar-refractivity contribution in [2.75, 3.05) is 18.6 Å². The molecule has 2 bridgehead atoms. The number of amides is 3. The first-order chi connectivity index (χ1) is 17.6. The molecule has 0 aromatic heterocycles. The molecule has 0 saturated carbocycles. The molecule has 3 aromatic carbocycles. The summed E-state index contributed by atoms with van der Waals surface area (Å²) in [5, 5.41) is 3.16. The minimum absolute atomic E-state index is 0.228. The number of hydrogen-bond donors (Lipinski definition) is 1. The standard InChI is InChI=1S/C30H28N2O3S/c1-36-15-14-26(32-29(34)23-12-6-7-13-24(23)30(32)35)28(33)31-17-18-16-25-19-8-2-4-10-21(19)27(18)22-11-5-3-9-20(22)25/h2-13,18,25-27H,14-17H2,1H3,(H,31,33)/t18-,25?,26+,27?/m1/s1. The molecule has 0 spiro atoms. The van der Waals surface area contributed by atoms with E-state index in [9.17, 15) is 14.4 Å². The molecule has 0 unspecified atom stereocenters. The lowest BCUT2D eigenvalue weighted by atomic mass is 9.59. The molecule has 5 nitrogen and oxygen atoms in total. The molecule has 0 fully saturated rings. The maximum atomic E-state index is 13.6. The van der Waals surface area contributed by atoms with Crippen molar-refractivity contribution in [1.82, 2.24) is 10.2 Å². The fourth-order valence-electron chi connectivity index (χ4n) is 6.41. The maximum absolute atomic E-state index is 13.6. The lowest BCUT2D eigenvalue weighted by Crippen LogP contribution is -2.51. The molecular weight excluding hydrogens is 468 g/mol. The van der Waals surface area contributed by atoms with Gasteiger partial charge in [-0.1, -0.05) is 60.7 Å². The number of carbonyl (C=O) groups is 3. The first-order valence-electron chi connectivity index (χ1n) is 12.5. The van der Waals surface area contributed by atoms with E-state index in [-0.39, 0.29) is 29.6 Å². The van der Waals surface area contributed by atoms with Crippen molar-refractivity contribution < 1.29 is 14.4 Å². The van der Waals surface area contributed by atoms with Crippen molar-refractivity contribution in [3.8, 4) is 0 Å². The maximum Gasteiger partial charge on any atom is 0.262 e. The Morgan fingerprint density at radius 1 is 0.889 bits per heavy atom. The number of nitrogens with zero attached hydrogens (tertiary/aromatic N) is 1. The summed E-state index contributed by atoms with van der Waals surface area (Å²) >= 11 is 1.60. The van der Waals surface area contributed by atoms with Gasteiger partial charge in [-0.3, -0.25) is 19.3 Å². The quantitative estimate of drug-likeness (QED) is 0.477. The van der Waals surface area contributed by atoms with E-state index in [0.29, 0.717) is 35.8 Å². The monoisotopic (exact) mass is 496 g/mol. The van der Waals surface area contributed by atoms with Gasteiger partial charge in [-0.15, -0.1) is 0 Å². The fraction of sp³-hybridized carbons (Fsp3) is 0.300. The number of benzene rings is 3. The first-order valence-corrected chi connectivity index (χ1v) is 13.9. The second-order valence-electron chi connectivity index (χ2n) is 9.85. The van der Waals surface area contributed by atoms with Gasteiger partial charge in [0, 0.05) is 18.4 Å². The molecule has 3 aromatic rings. The third-order valence-electron chi connectivity index (χ3n) is 8.00. The minimum Gasteiger partial charge on any atom is -0.354 e. The van der Waals surface area contributed by atoms with Gasteiger partial charge in [0.25, 0.3) is 11.8 Å². The van der Waals surface area contributed by atoms with Gasteiger partial charge in [0.15, 0.2) is 0 Å². The lowest BCUT2D eigenvalue weighted by Gasteiger charge is -2.45. The van der Waals surface area contributed by atoms with Gasteiger partial charge < -0.3 is 5.32 Å². The lowest BCUT2D eigenvalue weighted by molar-refractivity contribution is -0.125. The smallest absolute Gasteiger partial charge is 0.262 e. The van der Waals surface area contributed by atoms with Crippen LogP contribution >= 0.6 is 11.8 Å². The zero-order valence-electron chi connectivity index (χ0n) is 20.1. The van der Waals surface area contributed by atoms with Crippen LogP contribution in [0.5, 0.6) is 0 Å². The zero-order valence-corrected chi connectivity index (χ0v) is 21.0. The van der Waals surface area contributed by atoms with Crippen molar-refractivity contribution in [2.45, 2.75) is 30.7 Å². The van der Waals surface area contributed by atoms with Crippen molar-refractivity contribution >= 4 is 29.5 Å². The Morgan fingerprint density at radius 3 is 1.97 bits per heavy atom. The van der Waals surface area contributed by atoms with Crippen LogP contribution in [0.25, 0.3) is 0 Å². The van der Waals surface area contributed by atoms with Crippen LogP contribution in [0.4, 0.5) is 0 Å². The number of hydrogen-bond acceptors (Lipinski definition) is 4. The minimum atomic E-state index is -0.815. The van der Waals surface area contributed by atoms with E-state index in [1.165, 1.54) is 27.2 Å². The van der Waals surface area contributed by atoms with Crippen LogP contribution in [-0.4, -0.2) is 47.2 Å². The molecule has 1 N–H and O–H groups in total. The van der Waals surface area contributed by atoms with E-state index in [1.54, 1.807) is 36.0 Å². The van der Waals surface area contributed by atoms with E-state index in [0.717, 1.165) is 6.42 Å². The number of nitrogens with one attached hydrogen (secondary N) is 1. The SMILES string of the molecule is CSCC[C@@H](C(=O)NC[C@H]1CC2c3ccccc3C1c1ccccc12)N1C(=O)c2ccccc2C1=O. The molecule has 0 radical (unpaired) electrons. The fourth-order valence-corrected chi connectivity index (χ4v) is 6.87. The van der Waals surface area contributed by atoms with Crippen LogP contribution in [0, 0.1) is 5.92 Å². The summed E-state index contributed by atoms with van der Waals surface area (Å²) in [6.07, 6.45) is 3.37. The topological polar surface area (TPSA) is 66.5 Å². The van der Waals surface area contributed by atoms with Crippen molar-refractivity contribution in [3.05, 3.63) is 106 Å². The van der Waals surface area contributed by atoms with Crippen LogP contribution in [0.2, 0.25) is 0 Å². The highest BCUT2D eigenvalue weighted by Crippen LogP contribution is 2.55. The summed E-state index contributed by atoms with van der Waals surface area (Å²) in [4.78, 5) is 41.0. The van der Waals surface area contributed by atoms with Crippen LogP contribution in [-0.2, 0) is 4.79 Å². The first kappa shape index (κ1) is 23.0. The normalized spacial score (nSPS) is 22.1. The van der Waals surface area contributed by atoms with E-state index < -0.39 is 6.04 Å². The van der Waals surface area contributed by atoms with Crippen LogP contribution in [0.3, 0.4) is 0 Å². The molecule has 7 rings (SSSR count). The van der Waals surface area contributed by atoms with Gasteiger partial charge in [0.2, 0.25) is 5.91 Å². The Bertz CT molecular complexity index is 1290. The summed E-state index contributed by atoms with van der Waals surface area (Å²) in [6.45, 7) is 0.515. The molecule has 4 aliphatic rings. The summed E-state index contributed by atoms with van der Waals surface area (Å²) in [6, 6.07) is 23.3. The van der Waals surface area contributed by atoms with Gasteiger partial charge in [-0.25, -0.2) is 0 Å². The van der Waals surface area contributed by atoms with E-state index >= 15 is 0 Å². The van der Waals surface area contributed by atoms with Crippen molar-refractivity contribution in [3.63, 3.8) is 0 Å². The Kier molecular flexibility index (Phi) is 5.92. The summed E-state index contributed by atoms with van der Waals surface area (Å²) in [7, 11) is 0. The number of carbonyl (C=O) groups excluding carboxylic acids is 3. The van der Waals surface area contributed by atoms with Gasteiger partial charge in [-0.2, -0.15) is 11.8 Å². The van der Waals surface area contributed by atoms with Gasteiger partial charge in [0.1, 0.15) is 6.04 Å². The number of rotatable bonds is 7. The highest BCUT2D eigenvalue weighted by atomic mass is 32.2. The molecular formula is C30H28N2O3S. The van der Waals surface area contributed by atoms with Gasteiger partial charge >= 0.3 is 0 Å². The largest absolute Gasteiger partial charge is 0.354 e. The molecule has 1 heterocycles. The Morgan fingerprint density at radius 2 is 1.42 bits per heavy atom. The van der Waals surface area contributed by atoms with Crippen molar-refractivity contribution in [1.29, 1.82) is 0 Å². The number of fused-ring (bicyclic) bond motifs is 2. The van der Waals surface area contributed by atoms with Crippen LogP contribution in [0.15, 0.2) is 72.8 Å². The van der Waals surface area contributed by atoms with E-state index in [1.807, 2.05) is 6.26 Å². The summed E-state index contributed by atoms with van der Waals surface area (Å²) < 4.78 is 0. The number of imide groups is 1. The van der Waals surface area contributed by atoms with E-state index in [4.69, 9.17) is 0 Å². The Labute approximate surface area is 215 Å². The summed E-state index contributed by atoms with van der Waals surface area (Å²) in [5.41, 5.74) is 6.25. The molecule has 2 atom stereocenters. The Balaban J connectivity index is 1.24. The average Bonchev–Trinajstić information content (AvgIpc) is 3.17. The van der Waals surface area contributed by atoms with Crippen LogP contribution < -0.4 is 5.32 Å². The second-order valence-corrected chi connectivity index (χ2v) is 10.8. The highest BCUT2D eigenvalue weighted by molar-refractivity contribution is 7.98. The van der Waals surface area contributed by atoms with E-state index in [2.05, 4.69) is 53.8 Å². The molecule has 36 heavy (non-hydrogen) atoms. The summed E-state index contributed by atoms with van der Waals surface area (Å²) in [5.74, 6) is 0.487. The molecule has 0 saturated heterocycles. The predicted molar refractivity (Wildman–Crippen MR) is 141 cm³/mol. The molecule has 3 aliphatic carbocycles. The molecule has 3 amide bonds. The molecule has 1 aliphatic heterocycles. The van der Waals surface area contributed by atoms with Crippen LogP contribution in [0.1, 0.15) is 67.6 Å². The predicted octanol–water partition coefficient (Wildman–Crippen LogP) is 4.82. The van der Waals surface area contributed by atoms with Crippen molar-refractivity contribution in [2.24, 2.45) is 5.92 Å². The third kappa shape index (κ3) is 3.58. The zero-order chi connectivity index (χ0) is 24.8. The molecule has 182 valence electrons. The van der Waals surface area contributed by atoms with Gasteiger partial charge in [0.05, 0.1) is 11.1 Å². The molecule has 6 heteroatoms. The highest BCUT2D eigenvalue weighted by Gasteiger charge is 2.45. The average molecular weight is 497 g/mol. The van der Waals surface area contributed by atoms with Gasteiger partial charge in [-0.05, 0) is 65.2 Å². The second kappa shape index (κ2) is 9.25.